The van der Waals surface area contributed by atoms with Gasteiger partial charge < -0.3 is 14.8 Å². The minimum absolute atomic E-state index is 0.00727. The maximum Gasteiger partial charge on any atom is 0.338 e. The standard InChI is InChI=1S/C22H24BrN3O5/c1-4-30-22(29)16-5-7-17(8-6-16)24-20(27)12-15(3)25-26-21(28)13-31-18-9-10-19(23)14(2)11-18/h5-11H,4,12-13H2,1-3H3,(H,24,27)(H,26,28)/b25-15+. The maximum absolute atomic E-state index is 12.1. The second-order valence-corrected chi connectivity index (χ2v) is 7.46. The van der Waals surface area contributed by atoms with E-state index in [1.807, 2.05) is 19.1 Å². The second-order valence-electron chi connectivity index (χ2n) is 6.60. The number of hydrogen-bond donors (Lipinski definition) is 2. The summed E-state index contributed by atoms with van der Waals surface area (Å²) in [7, 11) is 0. The van der Waals surface area contributed by atoms with Gasteiger partial charge in [0.2, 0.25) is 5.91 Å². The molecule has 0 aromatic heterocycles. The first-order valence-corrected chi connectivity index (χ1v) is 10.4. The number of rotatable bonds is 9. The van der Waals surface area contributed by atoms with Crippen LogP contribution in [-0.4, -0.2) is 36.7 Å². The summed E-state index contributed by atoms with van der Waals surface area (Å²) in [5.74, 6) is -0.584. The van der Waals surface area contributed by atoms with E-state index in [0.717, 1.165) is 10.0 Å². The lowest BCUT2D eigenvalue weighted by atomic mass is 10.2. The summed E-state index contributed by atoms with van der Waals surface area (Å²) in [5.41, 5.74) is 4.72. The second kappa shape index (κ2) is 11.8. The number of benzene rings is 2. The largest absolute Gasteiger partial charge is 0.484 e. The van der Waals surface area contributed by atoms with E-state index in [2.05, 4.69) is 31.8 Å². The van der Waals surface area contributed by atoms with Crippen molar-refractivity contribution in [3.05, 3.63) is 58.1 Å². The SMILES string of the molecule is CCOC(=O)c1ccc(NC(=O)C/C(C)=N/NC(=O)COc2ccc(Br)c(C)c2)cc1. The molecular formula is C22H24BrN3O5. The lowest BCUT2D eigenvalue weighted by molar-refractivity contribution is -0.123. The van der Waals surface area contributed by atoms with Crippen LogP contribution >= 0.6 is 15.9 Å². The van der Waals surface area contributed by atoms with Crippen LogP contribution < -0.4 is 15.5 Å². The number of esters is 1. The Balaban J connectivity index is 1.77. The van der Waals surface area contributed by atoms with Gasteiger partial charge in [-0.15, -0.1) is 0 Å². The fraction of sp³-hybridized carbons (Fsp3) is 0.273. The third-order valence-corrected chi connectivity index (χ3v) is 4.86. The molecule has 0 aliphatic carbocycles. The average Bonchev–Trinajstić information content (AvgIpc) is 2.73. The topological polar surface area (TPSA) is 106 Å². The highest BCUT2D eigenvalue weighted by Crippen LogP contribution is 2.21. The molecule has 2 rings (SSSR count). The first kappa shape index (κ1) is 24.1. The predicted molar refractivity (Wildman–Crippen MR) is 121 cm³/mol. The first-order valence-electron chi connectivity index (χ1n) is 9.56. The Bertz CT molecular complexity index is 974. The van der Waals surface area contributed by atoms with Crippen molar-refractivity contribution < 1.29 is 23.9 Å². The monoisotopic (exact) mass is 489 g/mol. The zero-order valence-corrected chi connectivity index (χ0v) is 19.1. The molecule has 0 atom stereocenters. The molecule has 2 aromatic rings. The molecule has 0 bridgehead atoms. The molecule has 2 amide bonds. The van der Waals surface area contributed by atoms with Crippen LogP contribution in [0, 0.1) is 6.92 Å². The van der Waals surface area contributed by atoms with E-state index in [4.69, 9.17) is 9.47 Å². The van der Waals surface area contributed by atoms with Crippen molar-refractivity contribution >= 4 is 45.1 Å². The van der Waals surface area contributed by atoms with Gasteiger partial charge in [-0.2, -0.15) is 5.10 Å². The molecule has 0 saturated heterocycles. The lowest BCUT2D eigenvalue weighted by Crippen LogP contribution is -2.26. The van der Waals surface area contributed by atoms with Crippen LogP contribution in [0.3, 0.4) is 0 Å². The van der Waals surface area contributed by atoms with Gasteiger partial charge in [0.15, 0.2) is 6.61 Å². The van der Waals surface area contributed by atoms with E-state index < -0.39 is 11.9 Å². The van der Waals surface area contributed by atoms with Gasteiger partial charge in [-0.05, 0) is 68.8 Å². The van der Waals surface area contributed by atoms with Gasteiger partial charge in [-0.1, -0.05) is 15.9 Å². The Kier molecular flexibility index (Phi) is 9.20. The van der Waals surface area contributed by atoms with Gasteiger partial charge >= 0.3 is 5.97 Å². The minimum atomic E-state index is -0.435. The Hall–Kier alpha value is -3.20. The Morgan fingerprint density at radius 3 is 2.42 bits per heavy atom. The third-order valence-electron chi connectivity index (χ3n) is 3.97. The Morgan fingerprint density at radius 1 is 1.06 bits per heavy atom. The molecule has 2 N–H and O–H groups in total. The molecule has 0 spiro atoms. The van der Waals surface area contributed by atoms with Crippen molar-refractivity contribution in [2.75, 3.05) is 18.5 Å². The summed E-state index contributed by atoms with van der Waals surface area (Å²) >= 11 is 3.40. The van der Waals surface area contributed by atoms with Crippen LogP contribution in [0.4, 0.5) is 5.69 Å². The van der Waals surface area contributed by atoms with Gasteiger partial charge in [0.25, 0.3) is 5.91 Å². The molecule has 0 saturated carbocycles. The molecule has 164 valence electrons. The van der Waals surface area contributed by atoms with E-state index >= 15 is 0 Å². The smallest absolute Gasteiger partial charge is 0.338 e. The molecule has 9 heteroatoms. The number of amides is 2. The average molecular weight is 490 g/mol. The van der Waals surface area contributed by atoms with E-state index in [1.54, 1.807) is 44.2 Å². The Morgan fingerprint density at radius 2 is 1.77 bits per heavy atom. The lowest BCUT2D eigenvalue weighted by Gasteiger charge is -2.08. The van der Waals surface area contributed by atoms with Crippen molar-refractivity contribution in [1.82, 2.24) is 5.43 Å². The summed E-state index contributed by atoms with van der Waals surface area (Å²) in [6.45, 7) is 5.38. The number of halogens is 1. The first-order chi connectivity index (χ1) is 14.8. The quantitative estimate of drug-likeness (QED) is 0.316. The molecule has 0 heterocycles. The van der Waals surface area contributed by atoms with Gasteiger partial charge in [0.05, 0.1) is 18.6 Å². The number of ether oxygens (including phenoxy) is 2. The van der Waals surface area contributed by atoms with Crippen molar-refractivity contribution in [3.8, 4) is 5.75 Å². The number of carbonyl (C=O) groups is 3. The van der Waals surface area contributed by atoms with Crippen LogP contribution in [-0.2, 0) is 14.3 Å². The Labute approximate surface area is 189 Å². The van der Waals surface area contributed by atoms with Crippen LogP contribution in [0.2, 0.25) is 0 Å². The van der Waals surface area contributed by atoms with Crippen molar-refractivity contribution in [2.45, 2.75) is 27.2 Å². The number of aryl methyl sites for hydroxylation is 1. The summed E-state index contributed by atoms with van der Waals surface area (Å²) in [6.07, 6.45) is -0.00727. The molecule has 0 unspecified atom stereocenters. The fourth-order valence-corrected chi connectivity index (χ4v) is 2.67. The van der Waals surface area contributed by atoms with Crippen molar-refractivity contribution in [2.24, 2.45) is 5.10 Å². The fourth-order valence-electron chi connectivity index (χ4n) is 2.43. The van der Waals surface area contributed by atoms with E-state index in [0.29, 0.717) is 29.3 Å². The molecule has 8 nitrogen and oxygen atoms in total. The predicted octanol–water partition coefficient (Wildman–Crippen LogP) is 3.83. The third kappa shape index (κ3) is 8.21. The zero-order chi connectivity index (χ0) is 22.8. The maximum atomic E-state index is 12.1. The highest BCUT2D eigenvalue weighted by molar-refractivity contribution is 9.10. The molecule has 0 aliphatic heterocycles. The number of nitrogens with one attached hydrogen (secondary N) is 2. The molecule has 31 heavy (non-hydrogen) atoms. The van der Waals surface area contributed by atoms with Crippen LogP contribution in [0.15, 0.2) is 52.0 Å². The molecule has 2 aromatic carbocycles. The van der Waals surface area contributed by atoms with Crippen LogP contribution in [0.1, 0.15) is 36.2 Å². The molecule has 0 aliphatic rings. The van der Waals surface area contributed by atoms with Gasteiger partial charge in [0.1, 0.15) is 5.75 Å². The summed E-state index contributed by atoms with van der Waals surface area (Å²) in [6, 6.07) is 11.8. The van der Waals surface area contributed by atoms with E-state index in [-0.39, 0.29) is 18.9 Å². The number of hydrazone groups is 1. The molecule has 0 radical (unpaired) electrons. The molecule has 0 fully saturated rings. The van der Waals surface area contributed by atoms with E-state index in [1.165, 1.54) is 0 Å². The van der Waals surface area contributed by atoms with Crippen LogP contribution in [0.25, 0.3) is 0 Å². The van der Waals surface area contributed by atoms with Gasteiger partial charge in [-0.25, -0.2) is 10.2 Å². The van der Waals surface area contributed by atoms with Crippen LogP contribution in [0.5, 0.6) is 5.75 Å². The zero-order valence-electron chi connectivity index (χ0n) is 17.5. The van der Waals surface area contributed by atoms with Crippen molar-refractivity contribution in [3.63, 3.8) is 0 Å². The van der Waals surface area contributed by atoms with Crippen molar-refractivity contribution in [1.29, 1.82) is 0 Å². The number of anilines is 1. The number of nitrogens with zero attached hydrogens (tertiary/aromatic N) is 1. The highest BCUT2D eigenvalue weighted by Gasteiger charge is 2.09. The summed E-state index contributed by atoms with van der Waals surface area (Å²) < 4.78 is 11.3. The highest BCUT2D eigenvalue weighted by atomic mass is 79.9. The minimum Gasteiger partial charge on any atom is -0.484 e. The summed E-state index contributed by atoms with van der Waals surface area (Å²) in [4.78, 5) is 35.7. The number of carbonyl (C=O) groups excluding carboxylic acids is 3. The van der Waals surface area contributed by atoms with Gasteiger partial charge in [0, 0.05) is 15.9 Å². The van der Waals surface area contributed by atoms with Gasteiger partial charge in [-0.3, -0.25) is 9.59 Å². The summed E-state index contributed by atoms with van der Waals surface area (Å²) in [5, 5.41) is 6.62. The molecular weight excluding hydrogens is 466 g/mol. The van der Waals surface area contributed by atoms with E-state index in [9.17, 15) is 14.4 Å². The number of hydrogen-bond acceptors (Lipinski definition) is 6. The normalized spacial score (nSPS) is 10.9.